The van der Waals surface area contributed by atoms with Crippen LogP contribution in [0.2, 0.25) is 0 Å². The molecular formula is C10H14FNS. The van der Waals surface area contributed by atoms with E-state index in [4.69, 9.17) is 5.73 Å². The fourth-order valence-electron chi connectivity index (χ4n) is 1.17. The first-order valence-electron chi connectivity index (χ1n) is 4.30. The van der Waals surface area contributed by atoms with Crippen molar-refractivity contribution in [2.24, 2.45) is 5.73 Å². The second-order valence-corrected chi connectivity index (χ2v) is 3.71. The SMILES string of the molecule is CSc1ccc(CCCN)cc1F. The smallest absolute Gasteiger partial charge is 0.137 e. The molecule has 0 aliphatic heterocycles. The fourth-order valence-corrected chi connectivity index (χ4v) is 1.63. The Balaban J connectivity index is 2.71. The molecule has 1 rings (SSSR count). The zero-order valence-corrected chi connectivity index (χ0v) is 8.53. The minimum absolute atomic E-state index is 0.123. The van der Waals surface area contributed by atoms with Gasteiger partial charge in [-0.2, -0.15) is 0 Å². The van der Waals surface area contributed by atoms with Gasteiger partial charge in [-0.15, -0.1) is 11.8 Å². The Morgan fingerprint density at radius 2 is 2.23 bits per heavy atom. The van der Waals surface area contributed by atoms with E-state index in [1.54, 1.807) is 6.07 Å². The molecule has 3 heteroatoms. The Kier molecular flexibility index (Phi) is 4.25. The minimum atomic E-state index is -0.123. The maximum atomic E-state index is 13.2. The predicted octanol–water partition coefficient (Wildman–Crippen LogP) is 2.44. The van der Waals surface area contributed by atoms with Gasteiger partial charge in [-0.1, -0.05) is 6.07 Å². The summed E-state index contributed by atoms with van der Waals surface area (Å²) in [6.45, 7) is 0.659. The normalized spacial score (nSPS) is 10.4. The molecule has 0 atom stereocenters. The van der Waals surface area contributed by atoms with E-state index < -0.39 is 0 Å². The van der Waals surface area contributed by atoms with Gasteiger partial charge in [-0.05, 0) is 43.3 Å². The van der Waals surface area contributed by atoms with Crippen molar-refractivity contribution in [1.82, 2.24) is 0 Å². The van der Waals surface area contributed by atoms with Crippen LogP contribution < -0.4 is 5.73 Å². The molecule has 0 saturated carbocycles. The standard InChI is InChI=1S/C10H14FNS/c1-13-10-5-4-8(3-2-6-12)7-9(10)11/h4-5,7H,2-3,6,12H2,1H3. The molecule has 0 bridgehead atoms. The summed E-state index contributed by atoms with van der Waals surface area (Å²) in [7, 11) is 0. The highest BCUT2D eigenvalue weighted by Gasteiger charge is 2.01. The Bertz CT molecular complexity index is 276. The molecular weight excluding hydrogens is 185 g/mol. The summed E-state index contributed by atoms with van der Waals surface area (Å²) < 4.78 is 13.2. The zero-order chi connectivity index (χ0) is 9.68. The third-order valence-electron chi connectivity index (χ3n) is 1.89. The second kappa shape index (κ2) is 5.25. The van der Waals surface area contributed by atoms with E-state index in [0.717, 1.165) is 18.4 Å². The van der Waals surface area contributed by atoms with E-state index in [0.29, 0.717) is 11.4 Å². The van der Waals surface area contributed by atoms with Gasteiger partial charge in [0.1, 0.15) is 5.82 Å². The molecule has 0 aliphatic rings. The molecule has 72 valence electrons. The van der Waals surface area contributed by atoms with Crippen molar-refractivity contribution in [3.8, 4) is 0 Å². The van der Waals surface area contributed by atoms with Crippen LogP contribution in [-0.4, -0.2) is 12.8 Å². The van der Waals surface area contributed by atoms with Crippen LogP contribution >= 0.6 is 11.8 Å². The number of hydrogen-bond donors (Lipinski definition) is 1. The summed E-state index contributed by atoms with van der Waals surface area (Å²) in [6, 6.07) is 5.39. The van der Waals surface area contributed by atoms with Gasteiger partial charge < -0.3 is 5.73 Å². The molecule has 1 nitrogen and oxygen atoms in total. The largest absolute Gasteiger partial charge is 0.330 e. The average Bonchev–Trinajstić information content (AvgIpc) is 2.15. The molecule has 0 unspecified atom stereocenters. The van der Waals surface area contributed by atoms with Crippen LogP contribution in [0.5, 0.6) is 0 Å². The Hall–Kier alpha value is -0.540. The third-order valence-corrected chi connectivity index (χ3v) is 2.66. The third kappa shape index (κ3) is 3.01. The van der Waals surface area contributed by atoms with Gasteiger partial charge in [0.15, 0.2) is 0 Å². The summed E-state index contributed by atoms with van der Waals surface area (Å²) in [5, 5.41) is 0. The van der Waals surface area contributed by atoms with Gasteiger partial charge in [0.2, 0.25) is 0 Å². The molecule has 2 N–H and O–H groups in total. The lowest BCUT2D eigenvalue weighted by Gasteiger charge is -2.02. The van der Waals surface area contributed by atoms with E-state index in [1.807, 2.05) is 18.4 Å². The number of nitrogens with two attached hydrogens (primary N) is 1. The Morgan fingerprint density at radius 1 is 1.46 bits per heavy atom. The van der Waals surface area contributed by atoms with E-state index in [-0.39, 0.29) is 5.82 Å². The first-order chi connectivity index (χ1) is 6.27. The van der Waals surface area contributed by atoms with Crippen LogP contribution in [0.4, 0.5) is 4.39 Å². The first kappa shape index (κ1) is 10.5. The fraction of sp³-hybridized carbons (Fsp3) is 0.400. The Morgan fingerprint density at radius 3 is 2.77 bits per heavy atom. The Labute approximate surface area is 82.5 Å². The van der Waals surface area contributed by atoms with Crippen LogP contribution in [0.1, 0.15) is 12.0 Å². The second-order valence-electron chi connectivity index (χ2n) is 2.86. The van der Waals surface area contributed by atoms with E-state index >= 15 is 0 Å². The van der Waals surface area contributed by atoms with Gasteiger partial charge in [0, 0.05) is 4.90 Å². The molecule has 13 heavy (non-hydrogen) atoms. The van der Waals surface area contributed by atoms with Crippen molar-refractivity contribution >= 4 is 11.8 Å². The first-order valence-corrected chi connectivity index (χ1v) is 5.53. The molecule has 1 aromatic rings. The molecule has 0 radical (unpaired) electrons. The van der Waals surface area contributed by atoms with Crippen molar-refractivity contribution < 1.29 is 4.39 Å². The lowest BCUT2D eigenvalue weighted by Crippen LogP contribution is -2.00. The lowest BCUT2D eigenvalue weighted by atomic mass is 10.1. The summed E-state index contributed by atoms with van der Waals surface area (Å²) in [5.41, 5.74) is 6.40. The summed E-state index contributed by atoms with van der Waals surface area (Å²) in [6.07, 6.45) is 3.65. The van der Waals surface area contributed by atoms with Crippen molar-refractivity contribution in [2.45, 2.75) is 17.7 Å². The number of hydrogen-bond acceptors (Lipinski definition) is 2. The zero-order valence-electron chi connectivity index (χ0n) is 7.72. The van der Waals surface area contributed by atoms with Crippen LogP contribution in [0.3, 0.4) is 0 Å². The highest BCUT2D eigenvalue weighted by molar-refractivity contribution is 7.98. The maximum absolute atomic E-state index is 13.2. The lowest BCUT2D eigenvalue weighted by molar-refractivity contribution is 0.599. The van der Waals surface area contributed by atoms with Crippen LogP contribution in [0.15, 0.2) is 23.1 Å². The number of aryl methyl sites for hydroxylation is 1. The van der Waals surface area contributed by atoms with Gasteiger partial charge in [0.05, 0.1) is 0 Å². The van der Waals surface area contributed by atoms with E-state index in [1.165, 1.54) is 11.8 Å². The summed E-state index contributed by atoms with van der Waals surface area (Å²) in [4.78, 5) is 0.705. The molecule has 0 saturated heterocycles. The molecule has 0 aliphatic carbocycles. The highest BCUT2D eigenvalue weighted by atomic mass is 32.2. The van der Waals surface area contributed by atoms with Crippen LogP contribution in [-0.2, 0) is 6.42 Å². The van der Waals surface area contributed by atoms with Crippen molar-refractivity contribution in [3.63, 3.8) is 0 Å². The average molecular weight is 199 g/mol. The minimum Gasteiger partial charge on any atom is -0.330 e. The van der Waals surface area contributed by atoms with E-state index in [2.05, 4.69) is 0 Å². The molecule has 0 aromatic heterocycles. The molecule has 1 aromatic carbocycles. The molecule has 0 amide bonds. The van der Waals surface area contributed by atoms with Gasteiger partial charge >= 0.3 is 0 Å². The van der Waals surface area contributed by atoms with Crippen molar-refractivity contribution in [2.75, 3.05) is 12.8 Å². The van der Waals surface area contributed by atoms with E-state index in [9.17, 15) is 4.39 Å². The maximum Gasteiger partial charge on any atom is 0.137 e. The number of rotatable bonds is 4. The highest BCUT2D eigenvalue weighted by Crippen LogP contribution is 2.20. The number of halogens is 1. The summed E-state index contributed by atoms with van der Waals surface area (Å²) in [5.74, 6) is -0.123. The van der Waals surface area contributed by atoms with Crippen molar-refractivity contribution in [1.29, 1.82) is 0 Å². The van der Waals surface area contributed by atoms with Gasteiger partial charge in [0.25, 0.3) is 0 Å². The summed E-state index contributed by atoms with van der Waals surface area (Å²) >= 11 is 1.43. The molecule has 0 spiro atoms. The number of thioether (sulfide) groups is 1. The topological polar surface area (TPSA) is 26.0 Å². The quantitative estimate of drug-likeness (QED) is 0.754. The number of benzene rings is 1. The van der Waals surface area contributed by atoms with Crippen LogP contribution in [0, 0.1) is 5.82 Å². The molecule has 0 fully saturated rings. The molecule has 0 heterocycles. The van der Waals surface area contributed by atoms with Gasteiger partial charge in [-0.3, -0.25) is 0 Å². The van der Waals surface area contributed by atoms with Crippen LogP contribution in [0.25, 0.3) is 0 Å². The predicted molar refractivity (Wildman–Crippen MR) is 55.6 cm³/mol. The van der Waals surface area contributed by atoms with Gasteiger partial charge in [-0.25, -0.2) is 4.39 Å². The van der Waals surface area contributed by atoms with Crippen molar-refractivity contribution in [3.05, 3.63) is 29.6 Å². The monoisotopic (exact) mass is 199 g/mol.